The molecule has 6 heteroatoms. The number of rotatable bonds is 9. The predicted molar refractivity (Wildman–Crippen MR) is 87.1 cm³/mol. The number of hydrogen-bond acceptors (Lipinski definition) is 6. The van der Waals surface area contributed by atoms with Gasteiger partial charge in [0.2, 0.25) is 0 Å². The van der Waals surface area contributed by atoms with Crippen molar-refractivity contribution in [2.75, 3.05) is 52.5 Å². The normalized spacial score (nSPS) is 19.7. The number of piperidine rings is 1. The van der Waals surface area contributed by atoms with Crippen molar-refractivity contribution < 1.29 is 19.1 Å². The molecule has 132 valence electrons. The van der Waals surface area contributed by atoms with Crippen LogP contribution in [0.25, 0.3) is 0 Å². The van der Waals surface area contributed by atoms with E-state index in [4.69, 9.17) is 9.47 Å². The molecule has 0 aromatic rings. The van der Waals surface area contributed by atoms with E-state index in [1.54, 1.807) is 0 Å². The van der Waals surface area contributed by atoms with E-state index in [1.165, 1.54) is 32.1 Å². The van der Waals surface area contributed by atoms with Gasteiger partial charge >= 0.3 is 11.9 Å². The van der Waals surface area contributed by atoms with E-state index in [-0.39, 0.29) is 24.8 Å². The molecule has 0 aromatic heterocycles. The van der Waals surface area contributed by atoms with E-state index >= 15 is 0 Å². The summed E-state index contributed by atoms with van der Waals surface area (Å²) >= 11 is 0. The van der Waals surface area contributed by atoms with Gasteiger partial charge in [-0.3, -0.25) is 19.4 Å². The van der Waals surface area contributed by atoms with E-state index in [9.17, 15) is 9.59 Å². The van der Waals surface area contributed by atoms with Crippen LogP contribution in [0, 0.1) is 0 Å². The van der Waals surface area contributed by atoms with E-state index in [0.717, 1.165) is 39.3 Å². The highest BCUT2D eigenvalue weighted by atomic mass is 16.5. The summed E-state index contributed by atoms with van der Waals surface area (Å²) in [6, 6.07) is 0. The number of carbonyl (C=O) groups excluding carboxylic acids is 2. The molecule has 0 amide bonds. The molecular formula is C17H30N2O4. The molecule has 0 radical (unpaired) electrons. The fraction of sp³-hybridized carbons (Fsp3) is 0.882. The number of ether oxygens (including phenoxy) is 2. The Bertz CT molecular complexity index is 364. The van der Waals surface area contributed by atoms with Gasteiger partial charge in [-0.05, 0) is 51.9 Å². The van der Waals surface area contributed by atoms with Gasteiger partial charge in [0.1, 0.15) is 13.2 Å². The zero-order chi connectivity index (χ0) is 16.3. The summed E-state index contributed by atoms with van der Waals surface area (Å²) in [5, 5.41) is 0. The topological polar surface area (TPSA) is 59.1 Å². The second-order valence-corrected chi connectivity index (χ2v) is 6.39. The Morgan fingerprint density at radius 3 is 1.48 bits per heavy atom. The van der Waals surface area contributed by atoms with Crippen LogP contribution in [0.2, 0.25) is 0 Å². The minimum absolute atomic E-state index is 0.114. The minimum atomic E-state index is -0.308. The first-order chi connectivity index (χ1) is 11.2. The molecule has 2 aliphatic heterocycles. The first-order valence-corrected chi connectivity index (χ1v) is 9.00. The maximum absolute atomic E-state index is 11.6. The zero-order valence-corrected chi connectivity index (χ0v) is 14.1. The first kappa shape index (κ1) is 18.2. The van der Waals surface area contributed by atoms with Crippen LogP contribution in [0.3, 0.4) is 0 Å². The largest absolute Gasteiger partial charge is 0.464 e. The van der Waals surface area contributed by atoms with Gasteiger partial charge in [-0.25, -0.2) is 0 Å². The Kier molecular flexibility index (Phi) is 8.39. The number of likely N-dealkylation sites (tertiary alicyclic amines) is 2. The van der Waals surface area contributed by atoms with E-state index < -0.39 is 0 Å². The molecule has 23 heavy (non-hydrogen) atoms. The Morgan fingerprint density at radius 1 is 0.652 bits per heavy atom. The number of nitrogens with zero attached hydrogens (tertiary/aromatic N) is 2. The van der Waals surface area contributed by atoms with Gasteiger partial charge in [-0.2, -0.15) is 0 Å². The summed E-state index contributed by atoms with van der Waals surface area (Å²) < 4.78 is 10.3. The molecule has 0 atom stereocenters. The molecule has 2 heterocycles. The Labute approximate surface area is 139 Å². The number of esters is 2. The van der Waals surface area contributed by atoms with Crippen molar-refractivity contribution in [2.45, 2.75) is 44.9 Å². The lowest BCUT2D eigenvalue weighted by atomic mass is 10.1. The Morgan fingerprint density at radius 2 is 1.04 bits per heavy atom. The molecule has 2 aliphatic rings. The number of hydrogen-bond donors (Lipinski definition) is 0. The monoisotopic (exact) mass is 326 g/mol. The van der Waals surface area contributed by atoms with Crippen molar-refractivity contribution in [2.24, 2.45) is 0 Å². The molecule has 0 aliphatic carbocycles. The highest BCUT2D eigenvalue weighted by Crippen LogP contribution is 2.08. The molecular weight excluding hydrogens is 296 g/mol. The summed E-state index contributed by atoms with van der Waals surface area (Å²) in [6.07, 6.45) is 6.46. The van der Waals surface area contributed by atoms with Gasteiger partial charge < -0.3 is 9.47 Å². The van der Waals surface area contributed by atoms with Gasteiger partial charge in [-0.1, -0.05) is 6.42 Å². The third kappa shape index (κ3) is 7.79. The van der Waals surface area contributed by atoms with Crippen LogP contribution in [0.15, 0.2) is 0 Å². The van der Waals surface area contributed by atoms with Crippen LogP contribution in [-0.4, -0.2) is 74.2 Å². The van der Waals surface area contributed by atoms with Crippen molar-refractivity contribution in [1.29, 1.82) is 0 Å². The van der Waals surface area contributed by atoms with Crippen molar-refractivity contribution in [3.63, 3.8) is 0 Å². The predicted octanol–water partition coefficient (Wildman–Crippen LogP) is 1.43. The molecule has 0 unspecified atom stereocenters. The highest BCUT2D eigenvalue weighted by Gasteiger charge is 2.14. The van der Waals surface area contributed by atoms with Gasteiger partial charge in [0.25, 0.3) is 0 Å². The number of carbonyl (C=O) groups is 2. The molecule has 2 rings (SSSR count). The van der Waals surface area contributed by atoms with Gasteiger partial charge in [0.15, 0.2) is 0 Å². The molecule has 0 spiro atoms. The molecule has 0 saturated carbocycles. The lowest BCUT2D eigenvalue weighted by Gasteiger charge is -2.25. The van der Waals surface area contributed by atoms with Crippen LogP contribution in [0.1, 0.15) is 44.9 Å². The molecule has 0 N–H and O–H groups in total. The minimum Gasteiger partial charge on any atom is -0.464 e. The molecule has 0 aromatic carbocycles. The summed E-state index contributed by atoms with van der Waals surface area (Å²) in [6.45, 7) is 6.83. The average molecular weight is 326 g/mol. The maximum atomic E-state index is 11.6. The van der Waals surface area contributed by atoms with Gasteiger partial charge in [0, 0.05) is 13.1 Å². The van der Waals surface area contributed by atoms with Gasteiger partial charge in [0.05, 0.1) is 12.8 Å². The Balaban J connectivity index is 1.44. The molecule has 6 nitrogen and oxygen atoms in total. The summed E-state index contributed by atoms with van der Waals surface area (Å²) in [5.41, 5.74) is 0. The average Bonchev–Trinajstić information content (AvgIpc) is 3.07. The smallest absolute Gasteiger partial charge is 0.306 e. The van der Waals surface area contributed by atoms with Crippen LogP contribution in [-0.2, 0) is 19.1 Å². The highest BCUT2D eigenvalue weighted by molar-refractivity contribution is 5.77. The maximum Gasteiger partial charge on any atom is 0.306 e. The lowest BCUT2D eigenvalue weighted by molar-refractivity contribution is -0.150. The Hall–Kier alpha value is -1.14. The third-order valence-corrected chi connectivity index (χ3v) is 4.52. The van der Waals surface area contributed by atoms with Crippen molar-refractivity contribution in [3.05, 3.63) is 0 Å². The third-order valence-electron chi connectivity index (χ3n) is 4.52. The van der Waals surface area contributed by atoms with Crippen LogP contribution < -0.4 is 0 Å². The quantitative estimate of drug-likeness (QED) is 0.598. The standard InChI is InChI=1S/C17H30N2O4/c20-16(22-14-12-18-8-2-1-3-9-18)6-7-17(21)23-15-13-19-10-4-5-11-19/h1-15H2. The second kappa shape index (κ2) is 10.6. The van der Waals surface area contributed by atoms with Crippen LogP contribution in [0.4, 0.5) is 0 Å². The molecule has 2 fully saturated rings. The van der Waals surface area contributed by atoms with E-state index in [0.29, 0.717) is 13.2 Å². The summed E-state index contributed by atoms with van der Waals surface area (Å²) in [4.78, 5) is 27.8. The second-order valence-electron chi connectivity index (χ2n) is 6.39. The van der Waals surface area contributed by atoms with Crippen molar-refractivity contribution in [3.8, 4) is 0 Å². The summed E-state index contributed by atoms with van der Waals surface area (Å²) in [5.74, 6) is -0.615. The fourth-order valence-electron chi connectivity index (χ4n) is 3.11. The fourth-order valence-corrected chi connectivity index (χ4v) is 3.11. The van der Waals surface area contributed by atoms with E-state index in [2.05, 4.69) is 9.80 Å². The van der Waals surface area contributed by atoms with E-state index in [1.807, 2.05) is 0 Å². The van der Waals surface area contributed by atoms with Crippen LogP contribution in [0.5, 0.6) is 0 Å². The first-order valence-electron chi connectivity index (χ1n) is 9.00. The van der Waals surface area contributed by atoms with Gasteiger partial charge in [-0.15, -0.1) is 0 Å². The molecule has 2 saturated heterocycles. The van der Waals surface area contributed by atoms with Crippen molar-refractivity contribution in [1.82, 2.24) is 9.80 Å². The van der Waals surface area contributed by atoms with Crippen LogP contribution >= 0.6 is 0 Å². The SMILES string of the molecule is O=C(CCC(=O)OCCN1CCCC1)OCCN1CCCCC1. The van der Waals surface area contributed by atoms with Crippen molar-refractivity contribution >= 4 is 11.9 Å². The lowest BCUT2D eigenvalue weighted by Crippen LogP contribution is -2.33. The summed E-state index contributed by atoms with van der Waals surface area (Å²) in [7, 11) is 0. The zero-order valence-electron chi connectivity index (χ0n) is 14.1. The molecule has 0 bridgehead atoms.